The molecule has 1 saturated heterocycles. The Morgan fingerprint density at radius 2 is 1.85 bits per heavy atom. The number of carbonyl (C=O) groups is 1. The molecule has 2 fully saturated rings. The molecule has 3 heterocycles. The van der Waals surface area contributed by atoms with Crippen molar-refractivity contribution in [2.45, 2.75) is 69.8 Å². The van der Waals surface area contributed by atoms with E-state index in [-0.39, 0.29) is 23.3 Å². The maximum absolute atomic E-state index is 13.5. The van der Waals surface area contributed by atoms with Crippen LogP contribution in [-0.2, 0) is 27.8 Å². The Morgan fingerprint density at radius 1 is 1.04 bits per heavy atom. The van der Waals surface area contributed by atoms with Crippen LogP contribution in [0.4, 0.5) is 5.69 Å². The predicted molar refractivity (Wildman–Crippen MR) is 185 cm³/mol. The Balaban J connectivity index is 1.39. The Bertz CT molecular complexity index is 1580. The van der Waals surface area contributed by atoms with Gasteiger partial charge in [0.25, 0.3) is 5.91 Å². The lowest BCUT2D eigenvalue weighted by molar-refractivity contribution is -0.0782. The van der Waals surface area contributed by atoms with Crippen LogP contribution in [0.25, 0.3) is 0 Å². The van der Waals surface area contributed by atoms with Gasteiger partial charge in [-0.3, -0.25) is 9.69 Å². The number of aliphatic hydroxyl groups is 1. The van der Waals surface area contributed by atoms with Gasteiger partial charge < -0.3 is 19.5 Å². The molecule has 0 radical (unpaired) electrons. The number of allylic oxidation sites excluding steroid dienone is 1. The van der Waals surface area contributed by atoms with Crippen LogP contribution in [0, 0.1) is 17.8 Å². The summed E-state index contributed by atoms with van der Waals surface area (Å²) in [4.78, 5) is 18.0. The summed E-state index contributed by atoms with van der Waals surface area (Å²) in [5, 5.41) is 12.3. The molecule has 6 rings (SSSR count). The molecule has 11 heteroatoms. The Hall–Kier alpha value is -2.63. The van der Waals surface area contributed by atoms with E-state index in [4.69, 9.17) is 21.1 Å². The molecule has 1 amide bonds. The van der Waals surface area contributed by atoms with Crippen molar-refractivity contribution in [3.05, 3.63) is 70.3 Å². The number of carbonyl (C=O) groups excluding carboxylic acids is 1. The molecule has 47 heavy (non-hydrogen) atoms. The highest BCUT2D eigenvalue weighted by molar-refractivity contribution is 7.90. The highest BCUT2D eigenvalue weighted by atomic mass is 35.5. The number of sulfonamides is 1. The first-order valence-electron chi connectivity index (χ1n) is 17.1. The van der Waals surface area contributed by atoms with Crippen molar-refractivity contribution in [2.75, 3.05) is 50.8 Å². The second-order valence-electron chi connectivity index (χ2n) is 13.9. The lowest BCUT2D eigenvalue weighted by Crippen LogP contribution is -2.56. The monoisotopic (exact) mass is 685 g/mol. The maximum atomic E-state index is 13.5. The van der Waals surface area contributed by atoms with E-state index in [0.29, 0.717) is 50.1 Å². The van der Waals surface area contributed by atoms with Crippen LogP contribution in [0.3, 0.4) is 0 Å². The van der Waals surface area contributed by atoms with Crippen molar-refractivity contribution in [1.82, 2.24) is 9.62 Å². The summed E-state index contributed by atoms with van der Waals surface area (Å²) in [6, 6.07) is 11.1. The zero-order valence-corrected chi connectivity index (χ0v) is 29.1. The van der Waals surface area contributed by atoms with Crippen molar-refractivity contribution in [3.8, 4) is 5.75 Å². The van der Waals surface area contributed by atoms with E-state index < -0.39 is 26.8 Å². The Labute approximate surface area is 284 Å². The van der Waals surface area contributed by atoms with Gasteiger partial charge in [0.2, 0.25) is 10.0 Å². The summed E-state index contributed by atoms with van der Waals surface area (Å²) >= 11 is 6.35. The van der Waals surface area contributed by atoms with Gasteiger partial charge in [-0.2, -0.15) is 0 Å². The first-order chi connectivity index (χ1) is 22.5. The van der Waals surface area contributed by atoms with E-state index in [1.807, 2.05) is 37.3 Å². The molecule has 1 aliphatic carbocycles. The third kappa shape index (κ3) is 7.83. The highest BCUT2D eigenvalue weighted by Crippen LogP contribution is 2.45. The van der Waals surface area contributed by atoms with Crippen LogP contribution in [0.1, 0.15) is 67.4 Å². The standard InChI is InChI=1S/C36H48ClN3O6S/c1-25-6-5-14-36(42,24-39-16-18-45-19-17-39)32-12-9-29(32)22-40-15-4-3-7-27-20-31(37)11-8-30(27)23-46-34-13-10-28(21-33(34)40)35(41)38-47(43,44)26(25)2/h5,8,10-11,13-14,20-21,25-26,29,32,42H,3-4,6-7,9,12,15-19,22-24H2,1-2H3,(H,38,41)/b14-5+/t25-,26+,29-,32+,36+/m0/s1. The molecule has 1 saturated carbocycles. The summed E-state index contributed by atoms with van der Waals surface area (Å²) in [5.41, 5.74) is 2.20. The molecule has 4 aliphatic rings. The van der Waals surface area contributed by atoms with Crippen molar-refractivity contribution in [3.63, 3.8) is 0 Å². The second kappa shape index (κ2) is 14.5. The number of amides is 1. The van der Waals surface area contributed by atoms with E-state index in [1.54, 1.807) is 25.1 Å². The van der Waals surface area contributed by atoms with Crippen molar-refractivity contribution < 1.29 is 27.8 Å². The molecule has 9 nitrogen and oxygen atoms in total. The minimum Gasteiger partial charge on any atom is -0.487 e. The lowest BCUT2D eigenvalue weighted by Gasteiger charge is -2.49. The number of nitrogens with zero attached hydrogens (tertiary/aromatic N) is 2. The summed E-state index contributed by atoms with van der Waals surface area (Å²) in [5.74, 6) is -0.0312. The Kier molecular flexibility index (Phi) is 10.5. The number of hydrogen-bond acceptors (Lipinski definition) is 8. The van der Waals surface area contributed by atoms with Gasteiger partial charge in [0.05, 0.1) is 29.8 Å². The van der Waals surface area contributed by atoms with Crippen LogP contribution in [0.2, 0.25) is 5.02 Å². The van der Waals surface area contributed by atoms with Crippen molar-refractivity contribution >= 4 is 33.2 Å². The van der Waals surface area contributed by atoms with Crippen LogP contribution in [0.15, 0.2) is 48.6 Å². The average Bonchev–Trinajstić information content (AvgIpc) is 3.05. The van der Waals surface area contributed by atoms with Gasteiger partial charge in [-0.15, -0.1) is 0 Å². The summed E-state index contributed by atoms with van der Waals surface area (Å²) in [7, 11) is -3.97. The molecule has 0 spiro atoms. The van der Waals surface area contributed by atoms with E-state index >= 15 is 0 Å². The average molecular weight is 686 g/mol. The third-order valence-electron chi connectivity index (χ3n) is 10.8. The third-order valence-corrected chi connectivity index (χ3v) is 12.9. The number of hydrogen-bond donors (Lipinski definition) is 2. The largest absolute Gasteiger partial charge is 0.487 e. The van der Waals surface area contributed by atoms with Gasteiger partial charge in [-0.05, 0) is 105 Å². The van der Waals surface area contributed by atoms with Crippen LogP contribution in [0.5, 0.6) is 5.75 Å². The number of ether oxygens (including phenoxy) is 2. The molecule has 2 N–H and O–H groups in total. The number of morpholine rings is 1. The predicted octanol–water partition coefficient (Wildman–Crippen LogP) is 5.20. The fourth-order valence-corrected chi connectivity index (χ4v) is 8.96. The van der Waals surface area contributed by atoms with Crippen molar-refractivity contribution in [1.29, 1.82) is 0 Å². The molecule has 0 aromatic heterocycles. The maximum Gasteiger partial charge on any atom is 0.264 e. The quantitative estimate of drug-likeness (QED) is 0.416. The number of aryl methyl sites for hydroxylation is 1. The van der Waals surface area contributed by atoms with Crippen LogP contribution < -0.4 is 14.4 Å². The fourth-order valence-electron chi connectivity index (χ4n) is 7.48. The minimum atomic E-state index is -3.97. The summed E-state index contributed by atoms with van der Waals surface area (Å²) < 4.78 is 41.2. The number of β-amino-alcohol motifs (C(OH)–C–C–N with tert-alkyl or cyclic N) is 1. The zero-order valence-electron chi connectivity index (χ0n) is 27.5. The summed E-state index contributed by atoms with van der Waals surface area (Å²) in [6.07, 6.45) is 8.98. The molecular formula is C36H48ClN3O6S. The van der Waals surface area contributed by atoms with Crippen molar-refractivity contribution in [2.24, 2.45) is 17.8 Å². The Morgan fingerprint density at radius 3 is 2.62 bits per heavy atom. The highest BCUT2D eigenvalue weighted by Gasteiger charge is 2.47. The number of anilines is 1. The summed E-state index contributed by atoms with van der Waals surface area (Å²) in [6.45, 7) is 8.62. The van der Waals surface area contributed by atoms with Gasteiger partial charge in [-0.25, -0.2) is 13.1 Å². The van der Waals surface area contributed by atoms with E-state index in [9.17, 15) is 18.3 Å². The lowest BCUT2D eigenvalue weighted by atomic mass is 9.64. The zero-order chi connectivity index (χ0) is 33.2. The molecule has 3 aliphatic heterocycles. The minimum absolute atomic E-state index is 0.0337. The van der Waals surface area contributed by atoms with E-state index in [1.165, 1.54) is 5.56 Å². The van der Waals surface area contributed by atoms with Gasteiger partial charge in [0.1, 0.15) is 12.4 Å². The number of rotatable bonds is 2. The molecular weight excluding hydrogens is 638 g/mol. The van der Waals surface area contributed by atoms with Gasteiger partial charge in [-0.1, -0.05) is 36.7 Å². The van der Waals surface area contributed by atoms with Gasteiger partial charge >= 0.3 is 0 Å². The molecule has 5 atom stereocenters. The molecule has 0 unspecified atom stereocenters. The number of halogens is 1. The van der Waals surface area contributed by atoms with Crippen LogP contribution in [-0.4, -0.2) is 81.1 Å². The number of nitrogens with one attached hydrogen (secondary N) is 1. The first-order valence-corrected chi connectivity index (χ1v) is 19.0. The fraction of sp³-hybridized carbons (Fsp3) is 0.583. The van der Waals surface area contributed by atoms with Gasteiger partial charge in [0, 0.05) is 43.3 Å². The van der Waals surface area contributed by atoms with E-state index in [2.05, 4.69) is 14.5 Å². The molecule has 2 aromatic rings. The topological polar surface area (TPSA) is 108 Å². The van der Waals surface area contributed by atoms with Crippen LogP contribution >= 0.6 is 11.6 Å². The SMILES string of the molecule is C[C@@H]1[C@@H](C)C/C=C/[C@@](O)(CN2CCOCC2)[C@@H]2CC[C@H]2CN2CCCCc3cc(Cl)ccc3COc3ccc(cc32)C(=O)NS1(=O)=O. The molecule has 256 valence electrons. The number of fused-ring (bicyclic) bond motifs is 3. The normalized spacial score (nSPS) is 31.1. The van der Waals surface area contributed by atoms with E-state index in [0.717, 1.165) is 63.0 Å². The van der Waals surface area contributed by atoms with Gasteiger partial charge in [0.15, 0.2) is 0 Å². The second-order valence-corrected chi connectivity index (χ2v) is 16.4. The number of benzene rings is 2. The molecule has 2 aromatic carbocycles. The first kappa shape index (κ1) is 34.2. The smallest absolute Gasteiger partial charge is 0.264 e. The molecule has 2 bridgehead atoms.